The third-order valence-corrected chi connectivity index (χ3v) is 7.15. The Hall–Kier alpha value is -3.99. The first-order valence-electron chi connectivity index (χ1n) is 12.5. The summed E-state index contributed by atoms with van der Waals surface area (Å²) < 4.78 is 7.35. The Balaban J connectivity index is 1.40. The Morgan fingerprint density at radius 2 is 1.86 bits per heavy atom. The SMILES string of the molecule is C=CC(=O)N1CCC(n2c(=O)cnc3cnc(Nc4ccc(N5CCN(C)CC5)cc4OC)nc32)CC1. The predicted octanol–water partition coefficient (Wildman–Crippen LogP) is 2.04. The van der Waals surface area contributed by atoms with Gasteiger partial charge in [-0.1, -0.05) is 6.58 Å². The van der Waals surface area contributed by atoms with Crippen molar-refractivity contribution in [3.63, 3.8) is 0 Å². The summed E-state index contributed by atoms with van der Waals surface area (Å²) in [5, 5.41) is 3.25. The van der Waals surface area contributed by atoms with Crippen LogP contribution in [0.25, 0.3) is 11.2 Å². The van der Waals surface area contributed by atoms with Crippen molar-refractivity contribution in [3.8, 4) is 5.75 Å². The number of hydrogen-bond acceptors (Lipinski definition) is 9. The van der Waals surface area contributed by atoms with Gasteiger partial charge in [-0.05, 0) is 38.1 Å². The molecule has 2 saturated heterocycles. The monoisotopic (exact) mass is 504 g/mol. The van der Waals surface area contributed by atoms with E-state index in [1.165, 1.54) is 12.3 Å². The molecule has 3 aromatic rings. The number of carbonyl (C=O) groups excluding carboxylic acids is 1. The lowest BCUT2D eigenvalue weighted by Gasteiger charge is -2.34. The second-order valence-electron chi connectivity index (χ2n) is 9.43. The van der Waals surface area contributed by atoms with Crippen molar-refractivity contribution >= 4 is 34.4 Å². The molecule has 0 spiro atoms. The van der Waals surface area contributed by atoms with Gasteiger partial charge in [0.25, 0.3) is 5.56 Å². The summed E-state index contributed by atoms with van der Waals surface area (Å²) in [5.41, 5.74) is 2.61. The highest BCUT2D eigenvalue weighted by molar-refractivity contribution is 5.87. The second-order valence-corrected chi connectivity index (χ2v) is 9.43. The van der Waals surface area contributed by atoms with E-state index in [9.17, 15) is 9.59 Å². The molecule has 2 aliphatic rings. The van der Waals surface area contributed by atoms with Crippen LogP contribution in [-0.4, -0.2) is 88.7 Å². The fraction of sp³-hybridized carbons (Fsp3) is 0.423. The lowest BCUT2D eigenvalue weighted by Crippen LogP contribution is -2.44. The first-order chi connectivity index (χ1) is 18.0. The summed E-state index contributed by atoms with van der Waals surface area (Å²) in [6.45, 7) is 8.64. The number of piperazine rings is 1. The number of hydrogen-bond donors (Lipinski definition) is 1. The van der Waals surface area contributed by atoms with E-state index in [0.717, 1.165) is 37.6 Å². The molecule has 0 saturated carbocycles. The highest BCUT2D eigenvalue weighted by atomic mass is 16.5. The lowest BCUT2D eigenvalue weighted by molar-refractivity contribution is -0.127. The van der Waals surface area contributed by atoms with Crippen LogP contribution >= 0.6 is 0 Å². The Morgan fingerprint density at radius 1 is 1.11 bits per heavy atom. The first-order valence-corrected chi connectivity index (χ1v) is 12.5. The fourth-order valence-corrected chi connectivity index (χ4v) is 4.98. The minimum absolute atomic E-state index is 0.0907. The van der Waals surface area contributed by atoms with Gasteiger partial charge in [-0.3, -0.25) is 14.2 Å². The van der Waals surface area contributed by atoms with Gasteiger partial charge in [-0.15, -0.1) is 0 Å². The maximum atomic E-state index is 12.9. The van der Waals surface area contributed by atoms with Gasteiger partial charge < -0.3 is 24.8 Å². The van der Waals surface area contributed by atoms with Gasteiger partial charge in [0.15, 0.2) is 5.65 Å². The zero-order chi connectivity index (χ0) is 25.9. The molecule has 5 rings (SSSR count). The maximum absolute atomic E-state index is 12.9. The molecule has 2 fully saturated rings. The van der Waals surface area contributed by atoms with Gasteiger partial charge >= 0.3 is 0 Å². The number of aromatic nitrogens is 4. The minimum Gasteiger partial charge on any atom is -0.494 e. The molecule has 0 radical (unpaired) electrons. The van der Waals surface area contributed by atoms with Crippen molar-refractivity contribution in [1.82, 2.24) is 29.3 Å². The number of amides is 1. The molecule has 1 amide bonds. The normalized spacial score (nSPS) is 17.1. The second kappa shape index (κ2) is 10.6. The Morgan fingerprint density at radius 3 is 2.57 bits per heavy atom. The summed E-state index contributed by atoms with van der Waals surface area (Å²) in [5.74, 6) is 0.938. The van der Waals surface area contributed by atoms with E-state index in [0.29, 0.717) is 48.8 Å². The minimum atomic E-state index is -0.222. The zero-order valence-corrected chi connectivity index (χ0v) is 21.3. The molecule has 0 aliphatic carbocycles. The van der Waals surface area contributed by atoms with Crippen LogP contribution in [0, 0.1) is 0 Å². The fourth-order valence-electron chi connectivity index (χ4n) is 4.98. The first kappa shape index (κ1) is 24.7. The summed E-state index contributed by atoms with van der Waals surface area (Å²) >= 11 is 0. The number of methoxy groups -OCH3 is 1. The number of nitrogens with one attached hydrogen (secondary N) is 1. The molecular formula is C26H32N8O3. The van der Waals surface area contributed by atoms with Crippen LogP contribution in [0.5, 0.6) is 5.75 Å². The van der Waals surface area contributed by atoms with Gasteiger partial charge in [0, 0.05) is 57.1 Å². The van der Waals surface area contributed by atoms with E-state index in [1.54, 1.807) is 22.8 Å². The number of likely N-dealkylation sites (tertiary alicyclic amines) is 1. The average Bonchev–Trinajstić information content (AvgIpc) is 2.93. The number of piperidine rings is 1. The smallest absolute Gasteiger partial charge is 0.270 e. The van der Waals surface area contributed by atoms with Crippen LogP contribution in [0.3, 0.4) is 0 Å². The van der Waals surface area contributed by atoms with Gasteiger partial charge in [0.2, 0.25) is 11.9 Å². The van der Waals surface area contributed by atoms with Crippen LogP contribution in [0.2, 0.25) is 0 Å². The van der Waals surface area contributed by atoms with Crippen LogP contribution in [0.4, 0.5) is 17.3 Å². The van der Waals surface area contributed by atoms with E-state index in [4.69, 9.17) is 4.74 Å². The van der Waals surface area contributed by atoms with Crippen molar-refractivity contribution in [2.75, 3.05) is 63.6 Å². The highest BCUT2D eigenvalue weighted by Crippen LogP contribution is 2.32. The molecule has 11 heteroatoms. The number of nitrogens with zero attached hydrogens (tertiary/aromatic N) is 7. The molecule has 37 heavy (non-hydrogen) atoms. The van der Waals surface area contributed by atoms with Crippen LogP contribution < -0.4 is 20.5 Å². The third kappa shape index (κ3) is 5.12. The summed E-state index contributed by atoms with van der Waals surface area (Å²) in [4.78, 5) is 44.6. The summed E-state index contributed by atoms with van der Waals surface area (Å²) in [6.07, 6.45) is 5.54. The van der Waals surface area contributed by atoms with Crippen molar-refractivity contribution in [2.24, 2.45) is 0 Å². The van der Waals surface area contributed by atoms with Crippen molar-refractivity contribution in [2.45, 2.75) is 18.9 Å². The number of carbonyl (C=O) groups is 1. The number of benzene rings is 1. The topological polar surface area (TPSA) is 109 Å². The predicted molar refractivity (Wildman–Crippen MR) is 143 cm³/mol. The van der Waals surface area contributed by atoms with Crippen molar-refractivity contribution < 1.29 is 9.53 Å². The van der Waals surface area contributed by atoms with E-state index >= 15 is 0 Å². The molecular weight excluding hydrogens is 472 g/mol. The molecule has 2 aromatic heterocycles. The largest absolute Gasteiger partial charge is 0.494 e. The number of fused-ring (bicyclic) bond motifs is 1. The van der Waals surface area contributed by atoms with E-state index < -0.39 is 0 Å². The number of ether oxygens (including phenoxy) is 1. The number of anilines is 3. The Bertz CT molecular complexity index is 1360. The van der Waals surface area contributed by atoms with Gasteiger partial charge in [0.05, 0.1) is 25.2 Å². The molecule has 1 N–H and O–H groups in total. The van der Waals surface area contributed by atoms with Crippen LogP contribution in [0.15, 0.2) is 48.0 Å². The van der Waals surface area contributed by atoms with Gasteiger partial charge in [-0.2, -0.15) is 4.98 Å². The van der Waals surface area contributed by atoms with Crippen molar-refractivity contribution in [1.29, 1.82) is 0 Å². The summed E-state index contributed by atoms with van der Waals surface area (Å²) in [7, 11) is 3.77. The zero-order valence-electron chi connectivity index (χ0n) is 21.3. The number of likely N-dealkylation sites (N-methyl/N-ethyl adjacent to an activating group) is 1. The van der Waals surface area contributed by atoms with E-state index in [1.807, 2.05) is 12.1 Å². The van der Waals surface area contributed by atoms with Crippen LogP contribution in [-0.2, 0) is 4.79 Å². The van der Waals surface area contributed by atoms with Crippen LogP contribution in [0.1, 0.15) is 18.9 Å². The maximum Gasteiger partial charge on any atom is 0.270 e. The average molecular weight is 505 g/mol. The van der Waals surface area contributed by atoms with Gasteiger partial charge in [0.1, 0.15) is 11.3 Å². The standard InChI is InChI=1S/C26H32N8O3/c1-4-23(35)33-9-7-18(8-10-33)34-24(36)17-27-21-16-28-26(30-25(21)34)29-20-6-5-19(15-22(20)37-3)32-13-11-31(2)12-14-32/h4-6,15-18H,1,7-14H2,2-3H3,(H,28,29,30). The number of rotatable bonds is 6. The lowest BCUT2D eigenvalue weighted by atomic mass is 10.0. The molecule has 11 nitrogen and oxygen atoms in total. The quantitative estimate of drug-likeness (QED) is 0.505. The molecule has 4 heterocycles. The molecule has 1 aromatic carbocycles. The van der Waals surface area contributed by atoms with Gasteiger partial charge in [-0.25, -0.2) is 9.97 Å². The molecule has 0 bridgehead atoms. The van der Waals surface area contributed by atoms with E-state index in [2.05, 4.69) is 49.8 Å². The Labute approximate surface area is 215 Å². The van der Waals surface area contributed by atoms with Crippen molar-refractivity contribution in [3.05, 3.63) is 53.6 Å². The highest BCUT2D eigenvalue weighted by Gasteiger charge is 2.25. The van der Waals surface area contributed by atoms with E-state index in [-0.39, 0.29) is 17.5 Å². The molecule has 194 valence electrons. The molecule has 0 unspecified atom stereocenters. The molecule has 0 atom stereocenters. The summed E-state index contributed by atoms with van der Waals surface area (Å²) in [6, 6.07) is 5.95. The third-order valence-electron chi connectivity index (χ3n) is 7.15. The molecule has 2 aliphatic heterocycles. The Kier molecular flexibility index (Phi) is 7.04.